The number of anilines is 3. The highest BCUT2D eigenvalue weighted by Crippen LogP contribution is 2.34. The summed E-state index contributed by atoms with van der Waals surface area (Å²) in [4.78, 5) is 0. The molecule has 0 radical (unpaired) electrons. The Morgan fingerprint density at radius 1 is 1.00 bits per heavy atom. The van der Waals surface area contributed by atoms with Crippen molar-refractivity contribution in [3.63, 3.8) is 0 Å². The molecule has 2 nitrogen and oxygen atoms in total. The van der Waals surface area contributed by atoms with Gasteiger partial charge in [-0.25, -0.2) is 8.78 Å². The van der Waals surface area contributed by atoms with Gasteiger partial charge >= 0.3 is 0 Å². The lowest BCUT2D eigenvalue weighted by Gasteiger charge is -2.11. The summed E-state index contributed by atoms with van der Waals surface area (Å²) >= 11 is 11.7. The molecule has 0 saturated carbocycles. The third kappa shape index (κ3) is 2.66. The largest absolute Gasteiger partial charge is 0.399 e. The first-order chi connectivity index (χ1) is 8.47. The third-order valence-electron chi connectivity index (χ3n) is 2.26. The zero-order chi connectivity index (χ0) is 13.3. The minimum absolute atomic E-state index is 0.0659. The normalized spacial score (nSPS) is 10.4. The van der Waals surface area contributed by atoms with Gasteiger partial charge in [-0.3, -0.25) is 0 Å². The lowest BCUT2D eigenvalue weighted by molar-refractivity contribution is 0.628. The number of benzene rings is 2. The number of nitrogens with one attached hydrogen (secondary N) is 1. The zero-order valence-corrected chi connectivity index (χ0v) is 10.5. The maximum atomic E-state index is 13.6. The molecule has 0 aliphatic carbocycles. The topological polar surface area (TPSA) is 38.0 Å². The fourth-order valence-electron chi connectivity index (χ4n) is 1.43. The van der Waals surface area contributed by atoms with Crippen LogP contribution in [-0.4, -0.2) is 0 Å². The van der Waals surface area contributed by atoms with Crippen LogP contribution in [0.15, 0.2) is 30.3 Å². The van der Waals surface area contributed by atoms with E-state index >= 15 is 0 Å². The Kier molecular flexibility index (Phi) is 3.59. The Balaban J connectivity index is 2.40. The van der Waals surface area contributed by atoms with E-state index < -0.39 is 11.6 Å². The van der Waals surface area contributed by atoms with Crippen LogP contribution in [0.2, 0.25) is 10.0 Å². The summed E-state index contributed by atoms with van der Waals surface area (Å²) in [5, 5.41) is 2.83. The molecule has 0 aliphatic rings. The Labute approximate surface area is 112 Å². The molecule has 18 heavy (non-hydrogen) atoms. The van der Waals surface area contributed by atoms with Gasteiger partial charge in [0, 0.05) is 5.69 Å². The molecule has 0 fully saturated rings. The van der Waals surface area contributed by atoms with Crippen LogP contribution in [0.4, 0.5) is 25.8 Å². The number of hydrogen-bond acceptors (Lipinski definition) is 2. The quantitative estimate of drug-likeness (QED) is 0.793. The Morgan fingerprint density at radius 2 is 1.61 bits per heavy atom. The van der Waals surface area contributed by atoms with E-state index in [-0.39, 0.29) is 21.4 Å². The third-order valence-corrected chi connectivity index (χ3v) is 2.86. The first kappa shape index (κ1) is 12.9. The van der Waals surface area contributed by atoms with Gasteiger partial charge in [-0.1, -0.05) is 23.2 Å². The van der Waals surface area contributed by atoms with Crippen LogP contribution in [0.5, 0.6) is 0 Å². The molecule has 2 rings (SSSR count). The number of halogens is 4. The highest BCUT2D eigenvalue weighted by atomic mass is 35.5. The minimum atomic E-state index is -0.562. The highest BCUT2D eigenvalue weighted by Gasteiger charge is 2.11. The van der Waals surface area contributed by atoms with E-state index in [1.165, 1.54) is 12.1 Å². The fourth-order valence-corrected chi connectivity index (χ4v) is 1.98. The average Bonchev–Trinajstić information content (AvgIpc) is 2.25. The summed E-state index contributed by atoms with van der Waals surface area (Å²) in [5.41, 5.74) is 6.12. The lowest BCUT2D eigenvalue weighted by atomic mass is 10.2. The molecule has 0 bridgehead atoms. The Bertz CT molecular complexity index is 580. The summed E-state index contributed by atoms with van der Waals surface area (Å²) in [6, 6.07) is 6.31. The molecular weight excluding hydrogens is 281 g/mol. The molecule has 0 aromatic heterocycles. The van der Waals surface area contributed by atoms with Crippen molar-refractivity contribution in [3.8, 4) is 0 Å². The average molecular weight is 289 g/mol. The van der Waals surface area contributed by atoms with E-state index in [1.54, 1.807) is 0 Å². The Hall–Kier alpha value is -1.52. The van der Waals surface area contributed by atoms with Crippen LogP contribution < -0.4 is 11.1 Å². The number of hydrogen-bond donors (Lipinski definition) is 2. The molecule has 94 valence electrons. The van der Waals surface area contributed by atoms with Crippen LogP contribution in [0.1, 0.15) is 0 Å². The Morgan fingerprint density at radius 3 is 2.17 bits per heavy atom. The molecule has 0 saturated heterocycles. The molecular formula is C12H8Cl2F2N2. The molecule has 0 amide bonds. The minimum Gasteiger partial charge on any atom is -0.399 e. The maximum absolute atomic E-state index is 13.6. The lowest BCUT2D eigenvalue weighted by Crippen LogP contribution is -1.97. The van der Waals surface area contributed by atoms with E-state index in [1.807, 2.05) is 0 Å². The van der Waals surface area contributed by atoms with Crippen molar-refractivity contribution in [1.82, 2.24) is 0 Å². The SMILES string of the molecule is Nc1ccc(Nc2c(Cl)cc(F)cc2Cl)c(F)c1. The van der Waals surface area contributed by atoms with Gasteiger partial charge in [0.15, 0.2) is 0 Å². The zero-order valence-electron chi connectivity index (χ0n) is 8.98. The summed E-state index contributed by atoms with van der Waals surface area (Å²) in [7, 11) is 0. The van der Waals surface area contributed by atoms with Crippen molar-refractivity contribution < 1.29 is 8.78 Å². The van der Waals surface area contributed by atoms with Gasteiger partial charge in [0.1, 0.15) is 11.6 Å². The van der Waals surface area contributed by atoms with Gasteiger partial charge in [0.25, 0.3) is 0 Å². The smallest absolute Gasteiger partial charge is 0.148 e. The molecule has 0 unspecified atom stereocenters. The molecule has 0 spiro atoms. The first-order valence-corrected chi connectivity index (χ1v) is 5.69. The van der Waals surface area contributed by atoms with Crippen molar-refractivity contribution in [1.29, 1.82) is 0 Å². The van der Waals surface area contributed by atoms with Gasteiger partial charge in [-0.2, -0.15) is 0 Å². The van der Waals surface area contributed by atoms with Gasteiger partial charge in [-0.15, -0.1) is 0 Å². The molecule has 0 aliphatic heterocycles. The van der Waals surface area contributed by atoms with E-state index in [4.69, 9.17) is 28.9 Å². The van der Waals surface area contributed by atoms with Crippen molar-refractivity contribution in [2.45, 2.75) is 0 Å². The van der Waals surface area contributed by atoms with Crippen molar-refractivity contribution >= 4 is 40.3 Å². The monoisotopic (exact) mass is 288 g/mol. The first-order valence-electron chi connectivity index (χ1n) is 4.94. The summed E-state index contributed by atoms with van der Waals surface area (Å²) in [6.45, 7) is 0. The van der Waals surface area contributed by atoms with E-state index in [0.717, 1.165) is 18.2 Å². The van der Waals surface area contributed by atoms with Crippen LogP contribution in [0.3, 0.4) is 0 Å². The molecule has 3 N–H and O–H groups in total. The van der Waals surface area contributed by atoms with Crippen molar-refractivity contribution in [2.75, 3.05) is 11.1 Å². The molecule has 0 atom stereocenters. The fraction of sp³-hybridized carbons (Fsp3) is 0. The standard InChI is InChI=1S/C12H8Cl2F2N2/c13-8-3-6(15)4-9(14)12(8)18-11-2-1-7(17)5-10(11)16/h1-5,18H,17H2. The van der Waals surface area contributed by atoms with E-state index in [2.05, 4.69) is 5.32 Å². The van der Waals surface area contributed by atoms with Crippen LogP contribution in [-0.2, 0) is 0 Å². The maximum Gasteiger partial charge on any atom is 0.148 e. The molecule has 0 heterocycles. The van der Waals surface area contributed by atoms with Gasteiger partial charge in [0.05, 0.1) is 21.4 Å². The van der Waals surface area contributed by atoms with Crippen LogP contribution in [0, 0.1) is 11.6 Å². The molecule has 2 aromatic carbocycles. The van der Waals surface area contributed by atoms with Crippen molar-refractivity contribution in [3.05, 3.63) is 52.0 Å². The van der Waals surface area contributed by atoms with Gasteiger partial charge in [-0.05, 0) is 30.3 Å². The summed E-state index contributed by atoms with van der Waals surface area (Å²) in [5.74, 6) is -1.11. The predicted molar refractivity (Wildman–Crippen MR) is 70.5 cm³/mol. The second-order valence-corrected chi connectivity index (χ2v) is 4.42. The predicted octanol–water partition coefficient (Wildman–Crippen LogP) is 4.60. The van der Waals surface area contributed by atoms with Crippen LogP contribution in [0.25, 0.3) is 0 Å². The number of nitrogens with two attached hydrogens (primary N) is 1. The van der Waals surface area contributed by atoms with Gasteiger partial charge in [0.2, 0.25) is 0 Å². The second-order valence-electron chi connectivity index (χ2n) is 3.61. The number of nitrogen functional groups attached to an aromatic ring is 1. The van der Waals surface area contributed by atoms with E-state index in [9.17, 15) is 8.78 Å². The summed E-state index contributed by atoms with van der Waals surface area (Å²) < 4.78 is 26.6. The van der Waals surface area contributed by atoms with Gasteiger partial charge < -0.3 is 11.1 Å². The molecule has 6 heteroatoms. The molecule has 2 aromatic rings. The van der Waals surface area contributed by atoms with Crippen LogP contribution >= 0.6 is 23.2 Å². The second kappa shape index (κ2) is 5.00. The number of rotatable bonds is 2. The van der Waals surface area contributed by atoms with E-state index in [0.29, 0.717) is 5.69 Å². The van der Waals surface area contributed by atoms with Crippen molar-refractivity contribution in [2.24, 2.45) is 0 Å². The highest BCUT2D eigenvalue weighted by molar-refractivity contribution is 6.39. The summed E-state index contributed by atoms with van der Waals surface area (Å²) in [6.07, 6.45) is 0.